The zero-order chi connectivity index (χ0) is 20.4. The third-order valence-corrected chi connectivity index (χ3v) is 5.37. The zero-order valence-corrected chi connectivity index (χ0v) is 20.6. The predicted molar refractivity (Wildman–Crippen MR) is 130 cm³/mol. The number of carbonyl (C=O) groups excluding carboxylic acids is 1. The van der Waals surface area contributed by atoms with Gasteiger partial charge in [-0.1, -0.05) is 31.9 Å². The Kier molecular flexibility index (Phi) is 12.0. The molecule has 0 aliphatic heterocycles. The Morgan fingerprint density at radius 1 is 1.17 bits per heavy atom. The molecule has 29 heavy (non-hydrogen) atoms. The van der Waals surface area contributed by atoms with Gasteiger partial charge in [-0.3, -0.25) is 4.79 Å². The molecule has 2 rings (SSSR count). The summed E-state index contributed by atoms with van der Waals surface area (Å²) in [5.74, 6) is 2.45. The molecule has 1 fully saturated rings. The highest BCUT2D eigenvalue weighted by Gasteiger charge is 2.21. The maximum Gasteiger partial charge on any atom is 0.241 e. The van der Waals surface area contributed by atoms with Gasteiger partial charge in [0.05, 0.1) is 20.2 Å². The second-order valence-corrected chi connectivity index (χ2v) is 7.81. The first-order chi connectivity index (χ1) is 13.5. The van der Waals surface area contributed by atoms with Crippen LogP contribution in [0.5, 0.6) is 5.75 Å². The minimum absolute atomic E-state index is 0. The standard InChI is InChI=1S/C22H36N4O2.HI/c1-5-6-17-7-11-19(12-8-17)25-22(24-16-21(27)26(2)3)23-15-18-9-13-20(28-4)14-10-18;/h9-10,13-14,17,19H,5-8,11-12,15-16H2,1-4H3,(H2,23,24,25);1H. The van der Waals surface area contributed by atoms with Gasteiger partial charge in [0.25, 0.3) is 0 Å². The third kappa shape index (κ3) is 9.23. The number of aliphatic imine (C=N–C) groups is 1. The molecule has 1 saturated carbocycles. The number of hydrogen-bond donors (Lipinski definition) is 2. The molecule has 0 radical (unpaired) electrons. The summed E-state index contributed by atoms with van der Waals surface area (Å²) in [5.41, 5.74) is 1.10. The Balaban J connectivity index is 0.00000420. The summed E-state index contributed by atoms with van der Waals surface area (Å²) < 4.78 is 5.21. The zero-order valence-electron chi connectivity index (χ0n) is 18.2. The number of carbonyl (C=O) groups is 1. The van der Waals surface area contributed by atoms with E-state index in [9.17, 15) is 4.79 Å². The number of benzene rings is 1. The summed E-state index contributed by atoms with van der Waals surface area (Å²) in [6.07, 6.45) is 7.47. The monoisotopic (exact) mass is 516 g/mol. The number of rotatable bonds is 8. The fraction of sp³-hybridized carbons (Fsp3) is 0.636. The van der Waals surface area contributed by atoms with E-state index in [2.05, 4.69) is 17.6 Å². The van der Waals surface area contributed by atoms with Gasteiger partial charge < -0.3 is 20.3 Å². The second-order valence-electron chi connectivity index (χ2n) is 7.81. The van der Waals surface area contributed by atoms with Crippen molar-refractivity contribution in [3.63, 3.8) is 0 Å². The Morgan fingerprint density at radius 2 is 1.83 bits per heavy atom. The van der Waals surface area contributed by atoms with Gasteiger partial charge in [0.2, 0.25) is 5.91 Å². The fourth-order valence-electron chi connectivity index (χ4n) is 3.57. The molecule has 1 aromatic rings. The van der Waals surface area contributed by atoms with Crippen LogP contribution in [0.1, 0.15) is 51.0 Å². The number of nitrogens with zero attached hydrogens (tertiary/aromatic N) is 2. The van der Waals surface area contributed by atoms with E-state index in [0.29, 0.717) is 18.5 Å². The Morgan fingerprint density at radius 3 is 2.38 bits per heavy atom. The van der Waals surface area contributed by atoms with Crippen LogP contribution in [-0.4, -0.2) is 50.6 Å². The number of guanidine groups is 1. The Labute approximate surface area is 192 Å². The predicted octanol–water partition coefficient (Wildman–Crippen LogP) is 3.80. The summed E-state index contributed by atoms with van der Waals surface area (Å²) in [5, 5.41) is 6.75. The van der Waals surface area contributed by atoms with Gasteiger partial charge in [-0.25, -0.2) is 4.99 Å². The molecule has 0 heterocycles. The number of amides is 1. The highest BCUT2D eigenvalue weighted by atomic mass is 127. The lowest BCUT2D eigenvalue weighted by Gasteiger charge is -2.30. The van der Waals surface area contributed by atoms with Crippen molar-refractivity contribution in [2.75, 3.05) is 27.7 Å². The first-order valence-electron chi connectivity index (χ1n) is 10.4. The van der Waals surface area contributed by atoms with Crippen LogP contribution in [0.4, 0.5) is 0 Å². The number of likely N-dealkylation sites (N-methyl/N-ethyl adjacent to an activating group) is 1. The molecule has 6 nitrogen and oxygen atoms in total. The van der Waals surface area contributed by atoms with Gasteiger partial charge in [0, 0.05) is 20.1 Å². The smallest absolute Gasteiger partial charge is 0.241 e. The van der Waals surface area contributed by atoms with E-state index >= 15 is 0 Å². The Hall–Kier alpha value is -1.51. The minimum Gasteiger partial charge on any atom is -0.497 e. The maximum absolute atomic E-state index is 12.0. The molecule has 0 unspecified atom stereocenters. The first-order valence-corrected chi connectivity index (χ1v) is 10.4. The summed E-state index contributed by atoms with van der Waals surface area (Å²) in [4.78, 5) is 18.3. The van der Waals surface area contributed by atoms with Crippen LogP contribution in [0.15, 0.2) is 29.3 Å². The van der Waals surface area contributed by atoms with Crippen LogP contribution in [-0.2, 0) is 11.3 Å². The van der Waals surface area contributed by atoms with Crippen LogP contribution in [0.2, 0.25) is 0 Å². The molecule has 1 aliphatic rings. The summed E-state index contributed by atoms with van der Waals surface area (Å²) >= 11 is 0. The number of methoxy groups -OCH3 is 1. The summed E-state index contributed by atoms with van der Waals surface area (Å²) in [6, 6.07) is 8.33. The van der Waals surface area contributed by atoms with Gasteiger partial charge >= 0.3 is 0 Å². The highest BCUT2D eigenvalue weighted by Crippen LogP contribution is 2.27. The van der Waals surface area contributed by atoms with Crippen LogP contribution in [0, 0.1) is 5.92 Å². The largest absolute Gasteiger partial charge is 0.497 e. The highest BCUT2D eigenvalue weighted by molar-refractivity contribution is 14.0. The molecule has 164 valence electrons. The van der Waals surface area contributed by atoms with E-state index in [1.54, 1.807) is 26.1 Å². The minimum atomic E-state index is 0. The number of nitrogens with one attached hydrogen (secondary N) is 2. The van der Waals surface area contributed by atoms with Crippen molar-refractivity contribution in [3.05, 3.63) is 29.8 Å². The molecular formula is C22H37IN4O2. The van der Waals surface area contributed by atoms with E-state index in [4.69, 9.17) is 9.73 Å². The number of hydrogen-bond acceptors (Lipinski definition) is 3. The van der Waals surface area contributed by atoms with Crippen molar-refractivity contribution in [3.8, 4) is 5.75 Å². The van der Waals surface area contributed by atoms with E-state index in [1.165, 1.54) is 25.7 Å². The lowest BCUT2D eigenvalue weighted by Crippen LogP contribution is -2.47. The molecule has 0 saturated heterocycles. The molecule has 1 aromatic carbocycles. The number of halogens is 1. The van der Waals surface area contributed by atoms with Gasteiger partial charge in [-0.2, -0.15) is 0 Å². The van der Waals surface area contributed by atoms with Gasteiger partial charge in [0.15, 0.2) is 5.96 Å². The SMILES string of the molecule is CCCC1CCC(NC(=NCc2ccc(OC)cc2)NCC(=O)N(C)C)CC1.I. The summed E-state index contributed by atoms with van der Waals surface area (Å²) in [7, 11) is 5.19. The van der Waals surface area contributed by atoms with Crippen molar-refractivity contribution < 1.29 is 9.53 Å². The molecule has 2 N–H and O–H groups in total. The van der Waals surface area contributed by atoms with Gasteiger partial charge in [-0.05, 0) is 49.3 Å². The van der Waals surface area contributed by atoms with E-state index in [0.717, 1.165) is 30.1 Å². The van der Waals surface area contributed by atoms with Crippen LogP contribution >= 0.6 is 24.0 Å². The molecule has 0 bridgehead atoms. The fourth-order valence-corrected chi connectivity index (χ4v) is 3.57. The number of ether oxygens (including phenoxy) is 1. The van der Waals surface area contributed by atoms with Gasteiger partial charge in [0.1, 0.15) is 5.75 Å². The molecular weight excluding hydrogens is 479 g/mol. The van der Waals surface area contributed by atoms with Crippen molar-refractivity contribution >= 4 is 35.8 Å². The quantitative estimate of drug-likeness (QED) is 0.314. The van der Waals surface area contributed by atoms with E-state index < -0.39 is 0 Å². The Bertz CT molecular complexity index is 626. The molecule has 0 spiro atoms. The average molecular weight is 516 g/mol. The molecule has 1 aliphatic carbocycles. The van der Waals surface area contributed by atoms with Crippen molar-refractivity contribution in [1.82, 2.24) is 15.5 Å². The average Bonchev–Trinajstić information content (AvgIpc) is 2.71. The van der Waals surface area contributed by atoms with Crippen molar-refractivity contribution in [2.45, 2.75) is 58.0 Å². The lowest BCUT2D eigenvalue weighted by atomic mass is 9.83. The molecule has 1 amide bonds. The molecule has 7 heteroatoms. The van der Waals surface area contributed by atoms with Crippen molar-refractivity contribution in [1.29, 1.82) is 0 Å². The van der Waals surface area contributed by atoms with Gasteiger partial charge in [-0.15, -0.1) is 24.0 Å². The van der Waals surface area contributed by atoms with Crippen LogP contribution < -0.4 is 15.4 Å². The van der Waals surface area contributed by atoms with Crippen molar-refractivity contribution in [2.24, 2.45) is 10.9 Å². The lowest BCUT2D eigenvalue weighted by molar-refractivity contribution is -0.127. The van der Waals surface area contributed by atoms with E-state index in [-0.39, 0.29) is 36.4 Å². The molecule has 0 atom stereocenters. The molecule has 0 aromatic heterocycles. The second kappa shape index (κ2) is 13.7. The first kappa shape index (κ1) is 25.5. The third-order valence-electron chi connectivity index (χ3n) is 5.37. The normalized spacial score (nSPS) is 19.1. The maximum atomic E-state index is 12.0. The van der Waals surface area contributed by atoms with Crippen LogP contribution in [0.3, 0.4) is 0 Å². The van der Waals surface area contributed by atoms with E-state index in [1.807, 2.05) is 24.3 Å². The topological polar surface area (TPSA) is 66.0 Å². The van der Waals surface area contributed by atoms with Crippen LogP contribution in [0.25, 0.3) is 0 Å². The summed E-state index contributed by atoms with van der Waals surface area (Å²) in [6.45, 7) is 3.06.